The summed E-state index contributed by atoms with van der Waals surface area (Å²) in [5.74, 6) is 0. The van der Waals surface area contributed by atoms with Crippen molar-refractivity contribution >= 4 is 10.9 Å². The molecule has 0 atom stereocenters. The van der Waals surface area contributed by atoms with Crippen LogP contribution in [-0.2, 0) is 19.6 Å². The number of fused-ring (bicyclic) bond motifs is 1. The third-order valence-electron chi connectivity index (χ3n) is 5.23. The van der Waals surface area contributed by atoms with Gasteiger partial charge in [-0.25, -0.2) is 4.79 Å². The van der Waals surface area contributed by atoms with E-state index in [2.05, 4.69) is 0 Å². The zero-order valence-corrected chi connectivity index (χ0v) is 15.5. The number of benzene rings is 1. The van der Waals surface area contributed by atoms with Crippen LogP contribution < -0.4 is 11.2 Å². The normalized spacial score (nSPS) is 12.1. The highest BCUT2D eigenvalue weighted by atomic mass is 16.3. The molecule has 27 heavy (non-hydrogen) atoms. The van der Waals surface area contributed by atoms with Gasteiger partial charge in [0.25, 0.3) is 5.56 Å². The number of aliphatic hydroxyl groups excluding tert-OH is 3. The molecule has 8 nitrogen and oxygen atoms in total. The van der Waals surface area contributed by atoms with Crippen LogP contribution in [0.1, 0.15) is 5.56 Å². The Morgan fingerprint density at radius 3 is 2.11 bits per heavy atom. The molecule has 8 heteroatoms. The molecule has 0 aliphatic rings. The molecule has 0 amide bonds. The molecule has 144 valence electrons. The summed E-state index contributed by atoms with van der Waals surface area (Å²) in [6.45, 7) is 0.236. The van der Waals surface area contributed by atoms with Gasteiger partial charge in [0.05, 0.1) is 36.4 Å². The number of rotatable bonds is 5. The molecular weight excluding hydrogens is 350 g/mol. The Morgan fingerprint density at radius 1 is 0.963 bits per heavy atom. The Kier molecular flexibility index (Phi) is 4.81. The molecule has 3 N–H and O–H groups in total. The largest absolute Gasteiger partial charge is 0.394 e. The van der Waals surface area contributed by atoms with E-state index in [9.17, 15) is 24.9 Å². The fourth-order valence-corrected chi connectivity index (χ4v) is 3.40. The number of hydrogen-bond acceptors (Lipinski definition) is 5. The second kappa shape index (κ2) is 6.80. The third-order valence-corrected chi connectivity index (χ3v) is 5.23. The maximum Gasteiger partial charge on any atom is 0.330 e. The summed E-state index contributed by atoms with van der Waals surface area (Å²) in [5, 5.41) is 30.1. The van der Waals surface area contributed by atoms with Crippen molar-refractivity contribution in [2.45, 2.75) is 12.5 Å². The molecule has 2 aromatic heterocycles. The van der Waals surface area contributed by atoms with Crippen LogP contribution in [0, 0.1) is 6.92 Å². The minimum atomic E-state index is -1.43. The van der Waals surface area contributed by atoms with E-state index < -0.39 is 36.6 Å². The van der Waals surface area contributed by atoms with Crippen LogP contribution in [0.15, 0.2) is 40.1 Å². The van der Waals surface area contributed by atoms with Gasteiger partial charge in [-0.05, 0) is 12.5 Å². The van der Waals surface area contributed by atoms with E-state index in [0.29, 0.717) is 16.8 Å². The van der Waals surface area contributed by atoms with E-state index in [1.165, 1.54) is 22.4 Å². The highest BCUT2D eigenvalue weighted by molar-refractivity contribution is 5.94. The Hall–Kier alpha value is -2.68. The lowest BCUT2D eigenvalue weighted by molar-refractivity contribution is 0.0168. The van der Waals surface area contributed by atoms with Crippen LogP contribution >= 0.6 is 0 Å². The monoisotopic (exact) mass is 373 g/mol. The average Bonchev–Trinajstić information content (AvgIpc) is 3.08. The number of aromatic nitrogens is 3. The summed E-state index contributed by atoms with van der Waals surface area (Å²) in [5.41, 5.74) is -0.00759. The van der Waals surface area contributed by atoms with Crippen molar-refractivity contribution in [3.05, 3.63) is 56.9 Å². The Morgan fingerprint density at radius 2 is 1.56 bits per heavy atom. The first-order chi connectivity index (χ1) is 12.8. The van der Waals surface area contributed by atoms with Crippen molar-refractivity contribution in [2.24, 2.45) is 14.1 Å². The van der Waals surface area contributed by atoms with Gasteiger partial charge in [-0.15, -0.1) is 0 Å². The quantitative estimate of drug-likeness (QED) is 0.568. The van der Waals surface area contributed by atoms with Gasteiger partial charge in [-0.1, -0.05) is 24.3 Å². The van der Waals surface area contributed by atoms with E-state index >= 15 is 0 Å². The summed E-state index contributed by atoms with van der Waals surface area (Å²) in [7, 11) is 2.95. The van der Waals surface area contributed by atoms with E-state index in [0.717, 1.165) is 10.1 Å². The second-order valence-corrected chi connectivity index (χ2v) is 6.83. The van der Waals surface area contributed by atoms with Crippen LogP contribution in [0.2, 0.25) is 0 Å². The van der Waals surface area contributed by atoms with E-state index in [1.807, 2.05) is 31.2 Å². The van der Waals surface area contributed by atoms with Crippen molar-refractivity contribution < 1.29 is 15.3 Å². The molecule has 0 fully saturated rings. The van der Waals surface area contributed by atoms with Gasteiger partial charge >= 0.3 is 5.69 Å². The molecule has 0 saturated heterocycles. The van der Waals surface area contributed by atoms with Gasteiger partial charge in [0.15, 0.2) is 0 Å². The lowest BCUT2D eigenvalue weighted by atomic mass is 9.99. The molecule has 0 spiro atoms. The highest BCUT2D eigenvalue weighted by Gasteiger charge is 2.35. The minimum Gasteiger partial charge on any atom is -0.394 e. The van der Waals surface area contributed by atoms with Crippen LogP contribution in [0.3, 0.4) is 0 Å². The van der Waals surface area contributed by atoms with Gasteiger partial charge in [0.2, 0.25) is 0 Å². The van der Waals surface area contributed by atoms with Gasteiger partial charge in [0.1, 0.15) is 5.54 Å². The predicted octanol–water partition coefficient (Wildman–Crippen LogP) is -0.314. The second-order valence-electron chi connectivity index (χ2n) is 6.83. The van der Waals surface area contributed by atoms with Crippen molar-refractivity contribution in [3.63, 3.8) is 0 Å². The molecule has 0 saturated carbocycles. The Bertz CT molecular complexity index is 1110. The van der Waals surface area contributed by atoms with Crippen molar-refractivity contribution in [3.8, 4) is 11.3 Å². The maximum atomic E-state index is 13.0. The molecule has 0 aliphatic carbocycles. The van der Waals surface area contributed by atoms with E-state index in [1.54, 1.807) is 7.05 Å². The van der Waals surface area contributed by atoms with Crippen molar-refractivity contribution in [2.75, 3.05) is 19.8 Å². The molecule has 0 aliphatic heterocycles. The number of aryl methyl sites for hydroxylation is 2. The first-order valence-electron chi connectivity index (χ1n) is 8.53. The van der Waals surface area contributed by atoms with Crippen LogP contribution in [0.4, 0.5) is 0 Å². The average molecular weight is 373 g/mol. The minimum absolute atomic E-state index is 0.286. The maximum absolute atomic E-state index is 13.0. The summed E-state index contributed by atoms with van der Waals surface area (Å²) in [6.07, 6.45) is 1.53. The summed E-state index contributed by atoms with van der Waals surface area (Å²) in [4.78, 5) is 25.3. The van der Waals surface area contributed by atoms with E-state index in [4.69, 9.17) is 0 Å². The third kappa shape index (κ3) is 2.64. The molecule has 0 bridgehead atoms. The fraction of sp³-hybridized carbons (Fsp3) is 0.368. The standard InChI is InChI=1S/C19H23N3O5/c1-12-6-4-5-7-13(12)16-15-14(20(2)18(27)21(3)17(15)26)8-22(16)19(9-23,10-24)11-25/h4-8,23-25H,9-11H2,1-3H3. The van der Waals surface area contributed by atoms with Gasteiger partial charge in [0, 0.05) is 25.9 Å². The zero-order chi connectivity index (χ0) is 19.9. The highest BCUT2D eigenvalue weighted by Crippen LogP contribution is 2.34. The van der Waals surface area contributed by atoms with Crippen molar-refractivity contribution in [1.29, 1.82) is 0 Å². The Labute approximate surface area is 155 Å². The molecule has 0 radical (unpaired) electrons. The molecule has 1 aromatic carbocycles. The van der Waals surface area contributed by atoms with Crippen molar-refractivity contribution in [1.82, 2.24) is 13.7 Å². The molecule has 2 heterocycles. The summed E-state index contributed by atoms with van der Waals surface area (Å²) < 4.78 is 3.87. The topological polar surface area (TPSA) is 110 Å². The summed E-state index contributed by atoms with van der Waals surface area (Å²) >= 11 is 0. The molecule has 3 aromatic rings. The van der Waals surface area contributed by atoms with E-state index in [-0.39, 0.29) is 5.39 Å². The summed E-state index contributed by atoms with van der Waals surface area (Å²) in [6, 6.07) is 7.38. The molecule has 0 unspecified atom stereocenters. The fourth-order valence-electron chi connectivity index (χ4n) is 3.40. The zero-order valence-electron chi connectivity index (χ0n) is 15.5. The molecular formula is C19H23N3O5. The smallest absolute Gasteiger partial charge is 0.330 e. The number of aliphatic hydroxyl groups is 3. The van der Waals surface area contributed by atoms with Crippen LogP contribution in [0.5, 0.6) is 0 Å². The SMILES string of the molecule is Cc1ccccc1-c1c2c(=O)n(C)c(=O)n(C)c2cn1C(CO)(CO)CO. The lowest BCUT2D eigenvalue weighted by Gasteiger charge is -2.32. The lowest BCUT2D eigenvalue weighted by Crippen LogP contribution is -2.44. The molecule has 3 rings (SSSR count). The van der Waals surface area contributed by atoms with Gasteiger partial charge in [-0.3, -0.25) is 13.9 Å². The number of hydrogen-bond donors (Lipinski definition) is 3. The first-order valence-corrected chi connectivity index (χ1v) is 8.53. The Balaban J connectivity index is 2.62. The van der Waals surface area contributed by atoms with Gasteiger partial charge in [-0.2, -0.15) is 0 Å². The van der Waals surface area contributed by atoms with Crippen LogP contribution in [-0.4, -0.2) is 48.8 Å². The predicted molar refractivity (Wildman–Crippen MR) is 102 cm³/mol. The van der Waals surface area contributed by atoms with Gasteiger partial charge < -0.3 is 19.9 Å². The number of nitrogens with zero attached hydrogens (tertiary/aromatic N) is 3. The van der Waals surface area contributed by atoms with Crippen LogP contribution in [0.25, 0.3) is 22.2 Å². The first kappa shape index (κ1) is 19.1.